The molecule has 0 bridgehead atoms. The highest BCUT2D eigenvalue weighted by atomic mass is 35.5. The Morgan fingerprint density at radius 2 is 2.23 bits per heavy atom. The Bertz CT molecular complexity index is 564. The fraction of sp³-hybridized carbons (Fsp3) is 0.400. The summed E-state index contributed by atoms with van der Waals surface area (Å²) in [6.45, 7) is 5.22. The number of ether oxygens (including phenoxy) is 1. The van der Waals surface area contributed by atoms with Gasteiger partial charge in [0.05, 0.1) is 24.7 Å². The second-order valence-electron chi connectivity index (χ2n) is 5.07. The summed E-state index contributed by atoms with van der Waals surface area (Å²) in [5.41, 5.74) is 6.60. The van der Waals surface area contributed by atoms with Crippen molar-refractivity contribution in [2.75, 3.05) is 26.2 Å². The molecule has 0 radical (unpaired) electrons. The molecule has 1 aliphatic heterocycles. The van der Waals surface area contributed by atoms with Gasteiger partial charge in [-0.05, 0) is 31.2 Å². The largest absolute Gasteiger partial charge is 0.482 e. The third kappa shape index (κ3) is 5.09. The number of likely N-dealkylation sites (N-methyl/N-ethyl adjacent to an activating group) is 1. The first kappa shape index (κ1) is 16.9. The van der Waals surface area contributed by atoms with Gasteiger partial charge in [-0.25, -0.2) is 0 Å². The van der Waals surface area contributed by atoms with E-state index in [0.717, 1.165) is 31.8 Å². The summed E-state index contributed by atoms with van der Waals surface area (Å²) in [5, 5.41) is 0.904. The summed E-state index contributed by atoms with van der Waals surface area (Å²) >= 11 is 11.8. The first-order chi connectivity index (χ1) is 10.6. The van der Waals surface area contributed by atoms with E-state index >= 15 is 0 Å². The van der Waals surface area contributed by atoms with Crippen molar-refractivity contribution < 1.29 is 14.4 Å². The first-order valence-electron chi connectivity index (χ1n) is 7.23. The van der Waals surface area contributed by atoms with E-state index in [4.69, 9.17) is 27.9 Å². The zero-order valence-electron chi connectivity index (χ0n) is 12.4. The van der Waals surface area contributed by atoms with Crippen LogP contribution in [0.1, 0.15) is 13.3 Å². The van der Waals surface area contributed by atoms with Gasteiger partial charge in [-0.1, -0.05) is 23.2 Å². The number of carbonyl (C=O) groups excluding carboxylic acids is 1. The predicted molar refractivity (Wildman–Crippen MR) is 87.2 cm³/mol. The summed E-state index contributed by atoms with van der Waals surface area (Å²) in [5.74, 6) is 0.164. The van der Waals surface area contributed by atoms with Crippen molar-refractivity contribution in [2.24, 2.45) is 0 Å². The van der Waals surface area contributed by atoms with Crippen LogP contribution in [-0.4, -0.2) is 32.1 Å². The standard InChI is InChI=1S/C15H19Cl2N3O2/c1-2-20-7-5-12(6-8-20)18-19-15(21)10-22-14-4-3-11(16)9-13(14)17/h3-5,9,18H,2,6-8,10H2,1H3,(H,19,21)/p+1. The van der Waals surface area contributed by atoms with Gasteiger partial charge >= 0.3 is 0 Å². The molecule has 0 aromatic heterocycles. The molecule has 1 unspecified atom stereocenters. The average Bonchev–Trinajstić information content (AvgIpc) is 2.52. The number of amides is 1. The Morgan fingerprint density at radius 3 is 2.86 bits per heavy atom. The average molecular weight is 345 g/mol. The molecule has 22 heavy (non-hydrogen) atoms. The minimum Gasteiger partial charge on any atom is -0.482 e. The molecular formula is C15H20Cl2N3O2+. The van der Waals surface area contributed by atoms with Crippen molar-refractivity contribution >= 4 is 29.1 Å². The molecule has 1 aromatic rings. The molecule has 120 valence electrons. The van der Waals surface area contributed by atoms with Crippen LogP contribution >= 0.6 is 23.2 Å². The molecule has 1 aromatic carbocycles. The van der Waals surface area contributed by atoms with E-state index in [1.54, 1.807) is 18.2 Å². The Balaban J connectivity index is 1.73. The topological polar surface area (TPSA) is 54.8 Å². The second-order valence-corrected chi connectivity index (χ2v) is 5.92. The normalized spacial score (nSPS) is 17.6. The van der Waals surface area contributed by atoms with Crippen LogP contribution in [0.3, 0.4) is 0 Å². The zero-order chi connectivity index (χ0) is 15.9. The number of quaternary nitrogens is 1. The van der Waals surface area contributed by atoms with E-state index in [1.165, 1.54) is 4.90 Å². The highest BCUT2D eigenvalue weighted by Gasteiger charge is 2.13. The molecule has 5 nitrogen and oxygen atoms in total. The Hall–Kier alpha value is -1.43. The van der Waals surface area contributed by atoms with E-state index in [-0.39, 0.29) is 12.5 Å². The monoisotopic (exact) mass is 344 g/mol. The molecule has 1 aliphatic rings. The fourth-order valence-electron chi connectivity index (χ4n) is 2.14. The van der Waals surface area contributed by atoms with Crippen LogP contribution in [-0.2, 0) is 4.79 Å². The summed E-state index contributed by atoms with van der Waals surface area (Å²) < 4.78 is 5.36. The molecule has 2 rings (SSSR count). The molecule has 0 fully saturated rings. The van der Waals surface area contributed by atoms with Crippen molar-refractivity contribution in [3.05, 3.63) is 40.0 Å². The van der Waals surface area contributed by atoms with Gasteiger partial charge in [0.25, 0.3) is 5.91 Å². The summed E-state index contributed by atoms with van der Waals surface area (Å²) in [4.78, 5) is 13.3. The number of carbonyl (C=O) groups is 1. The van der Waals surface area contributed by atoms with Crippen LogP contribution in [0.5, 0.6) is 5.75 Å². The van der Waals surface area contributed by atoms with E-state index in [1.807, 2.05) is 0 Å². The lowest BCUT2D eigenvalue weighted by Crippen LogP contribution is -3.12. The van der Waals surface area contributed by atoms with Gasteiger partial charge in [-0.15, -0.1) is 0 Å². The Labute approximate surface area is 140 Å². The zero-order valence-corrected chi connectivity index (χ0v) is 13.9. The number of hydrogen-bond acceptors (Lipinski definition) is 3. The van der Waals surface area contributed by atoms with Gasteiger partial charge in [-0.3, -0.25) is 10.2 Å². The number of rotatable bonds is 6. The quantitative estimate of drug-likeness (QED) is 0.679. The number of hydrogen-bond donors (Lipinski definition) is 3. The van der Waals surface area contributed by atoms with E-state index in [2.05, 4.69) is 23.9 Å². The van der Waals surface area contributed by atoms with Crippen molar-refractivity contribution in [3.8, 4) is 5.75 Å². The van der Waals surface area contributed by atoms with Crippen molar-refractivity contribution in [1.82, 2.24) is 10.9 Å². The molecule has 0 spiro atoms. The van der Waals surface area contributed by atoms with Crippen molar-refractivity contribution in [2.45, 2.75) is 13.3 Å². The van der Waals surface area contributed by atoms with E-state index < -0.39 is 0 Å². The van der Waals surface area contributed by atoms with Crippen LogP contribution in [0, 0.1) is 0 Å². The summed E-state index contributed by atoms with van der Waals surface area (Å²) in [6.07, 6.45) is 3.03. The smallest absolute Gasteiger partial charge is 0.276 e. The lowest BCUT2D eigenvalue weighted by atomic mass is 10.2. The third-order valence-corrected chi connectivity index (χ3v) is 4.03. The lowest BCUT2D eigenvalue weighted by molar-refractivity contribution is -0.893. The maximum Gasteiger partial charge on any atom is 0.276 e. The van der Waals surface area contributed by atoms with Gasteiger partial charge in [0.1, 0.15) is 5.75 Å². The second kappa shape index (κ2) is 8.27. The number of hydrazine groups is 1. The molecule has 3 N–H and O–H groups in total. The highest BCUT2D eigenvalue weighted by molar-refractivity contribution is 6.35. The maximum atomic E-state index is 11.8. The molecule has 0 saturated carbocycles. The summed E-state index contributed by atoms with van der Waals surface area (Å²) in [6, 6.07) is 4.87. The molecule has 1 amide bonds. The molecule has 1 heterocycles. The van der Waals surface area contributed by atoms with Crippen molar-refractivity contribution in [1.29, 1.82) is 0 Å². The fourth-order valence-corrected chi connectivity index (χ4v) is 2.60. The van der Waals surface area contributed by atoms with Gasteiger partial charge in [-0.2, -0.15) is 0 Å². The first-order valence-corrected chi connectivity index (χ1v) is 7.99. The minimum atomic E-state index is -0.266. The van der Waals surface area contributed by atoms with Crippen LogP contribution in [0.15, 0.2) is 30.0 Å². The van der Waals surface area contributed by atoms with Crippen LogP contribution in [0.4, 0.5) is 0 Å². The summed E-state index contributed by atoms with van der Waals surface area (Å²) in [7, 11) is 0. The molecular weight excluding hydrogens is 325 g/mol. The van der Waals surface area contributed by atoms with Crippen molar-refractivity contribution in [3.63, 3.8) is 0 Å². The third-order valence-electron chi connectivity index (χ3n) is 3.50. The van der Waals surface area contributed by atoms with Crippen LogP contribution in [0.2, 0.25) is 10.0 Å². The maximum absolute atomic E-state index is 11.8. The SMILES string of the molecule is CC[NH+]1CC=C(NNC(=O)COc2ccc(Cl)cc2Cl)CC1. The van der Waals surface area contributed by atoms with Gasteiger partial charge in [0.15, 0.2) is 6.61 Å². The number of nitrogens with one attached hydrogen (secondary N) is 3. The Morgan fingerprint density at radius 1 is 1.41 bits per heavy atom. The van der Waals surface area contributed by atoms with Gasteiger partial charge < -0.3 is 15.1 Å². The molecule has 7 heteroatoms. The molecule has 0 saturated heterocycles. The van der Waals surface area contributed by atoms with E-state index in [9.17, 15) is 4.79 Å². The number of halogens is 2. The van der Waals surface area contributed by atoms with E-state index in [0.29, 0.717) is 15.8 Å². The molecule has 0 aliphatic carbocycles. The Kier molecular flexibility index (Phi) is 6.36. The highest BCUT2D eigenvalue weighted by Crippen LogP contribution is 2.27. The van der Waals surface area contributed by atoms with Gasteiger partial charge in [0, 0.05) is 17.1 Å². The number of benzene rings is 1. The molecule has 1 atom stereocenters. The van der Waals surface area contributed by atoms with Gasteiger partial charge in [0.2, 0.25) is 0 Å². The lowest BCUT2D eigenvalue weighted by Gasteiger charge is -2.23. The van der Waals surface area contributed by atoms with Crippen LogP contribution < -0.4 is 20.5 Å². The minimum absolute atomic E-state index is 0.117. The van der Waals surface area contributed by atoms with Crippen LogP contribution in [0.25, 0.3) is 0 Å². The predicted octanol–water partition coefficient (Wildman–Crippen LogP) is 1.19.